The van der Waals surface area contributed by atoms with Gasteiger partial charge in [-0.05, 0) is 37.3 Å². The molecule has 0 spiro atoms. The molecule has 2 aromatic rings. The molecule has 0 aliphatic carbocycles. The SMILES string of the molecule is Cc1c(NC(=O)CSCC(=O)Nc2ccc(Cl)cc2)cccc1[N+](=O)[O-]. The minimum Gasteiger partial charge on any atom is -0.325 e. The van der Waals surface area contributed by atoms with Gasteiger partial charge in [-0.3, -0.25) is 19.7 Å². The van der Waals surface area contributed by atoms with E-state index < -0.39 is 4.92 Å². The molecular formula is C17H16ClN3O4S. The molecule has 136 valence electrons. The number of hydrogen-bond acceptors (Lipinski definition) is 5. The number of anilines is 2. The molecular weight excluding hydrogens is 378 g/mol. The highest BCUT2D eigenvalue weighted by molar-refractivity contribution is 8.00. The molecule has 2 rings (SSSR count). The minimum atomic E-state index is -0.499. The lowest BCUT2D eigenvalue weighted by Crippen LogP contribution is -2.19. The zero-order valence-corrected chi connectivity index (χ0v) is 15.4. The standard InChI is InChI=1S/C17H16ClN3O4S/c1-11-14(3-2-4-15(11)21(24)25)20-17(23)10-26-9-16(22)19-13-7-5-12(18)6-8-13/h2-8H,9-10H2,1H3,(H,19,22)(H,20,23). The first-order valence-electron chi connectivity index (χ1n) is 7.54. The number of carbonyl (C=O) groups is 2. The first-order valence-corrected chi connectivity index (χ1v) is 9.07. The molecule has 0 aromatic heterocycles. The fraction of sp³-hybridized carbons (Fsp3) is 0.176. The smallest absolute Gasteiger partial charge is 0.274 e. The lowest BCUT2D eigenvalue weighted by Gasteiger charge is -2.09. The lowest BCUT2D eigenvalue weighted by atomic mass is 10.1. The number of thioether (sulfide) groups is 1. The van der Waals surface area contributed by atoms with Crippen molar-refractivity contribution in [3.63, 3.8) is 0 Å². The number of carbonyl (C=O) groups excluding carboxylic acids is 2. The third-order valence-electron chi connectivity index (χ3n) is 3.37. The molecule has 2 aromatic carbocycles. The number of nitro groups is 1. The zero-order valence-electron chi connectivity index (χ0n) is 13.8. The summed E-state index contributed by atoms with van der Waals surface area (Å²) in [4.78, 5) is 34.2. The molecule has 0 aliphatic rings. The van der Waals surface area contributed by atoms with Crippen molar-refractivity contribution in [3.8, 4) is 0 Å². The monoisotopic (exact) mass is 393 g/mol. The Balaban J connectivity index is 1.80. The summed E-state index contributed by atoms with van der Waals surface area (Å²) in [5, 5.41) is 16.8. The molecule has 0 bridgehead atoms. The molecule has 2 amide bonds. The van der Waals surface area contributed by atoms with Crippen LogP contribution in [0.4, 0.5) is 17.1 Å². The Kier molecular flexibility index (Phi) is 6.99. The lowest BCUT2D eigenvalue weighted by molar-refractivity contribution is -0.385. The summed E-state index contributed by atoms with van der Waals surface area (Å²) in [6, 6.07) is 11.2. The molecule has 0 unspecified atom stereocenters. The first kappa shape index (κ1) is 19.7. The van der Waals surface area contributed by atoms with E-state index in [4.69, 9.17) is 11.6 Å². The predicted molar refractivity (Wildman–Crippen MR) is 104 cm³/mol. The number of rotatable bonds is 7. The van der Waals surface area contributed by atoms with E-state index in [1.54, 1.807) is 37.3 Å². The van der Waals surface area contributed by atoms with Crippen LogP contribution in [0.1, 0.15) is 5.56 Å². The molecule has 9 heteroatoms. The Morgan fingerprint density at radius 3 is 2.31 bits per heavy atom. The Morgan fingerprint density at radius 1 is 1.08 bits per heavy atom. The summed E-state index contributed by atoms with van der Waals surface area (Å²) in [7, 11) is 0. The van der Waals surface area contributed by atoms with Crippen molar-refractivity contribution in [1.82, 2.24) is 0 Å². The highest BCUT2D eigenvalue weighted by Gasteiger charge is 2.15. The zero-order chi connectivity index (χ0) is 19.1. The summed E-state index contributed by atoms with van der Waals surface area (Å²) < 4.78 is 0. The highest BCUT2D eigenvalue weighted by Crippen LogP contribution is 2.25. The number of nitrogens with zero attached hydrogens (tertiary/aromatic N) is 1. The summed E-state index contributed by atoms with van der Waals surface area (Å²) in [6.07, 6.45) is 0. The minimum absolute atomic E-state index is 0.0518. The van der Waals surface area contributed by atoms with Crippen molar-refractivity contribution >= 4 is 52.2 Å². The average Bonchev–Trinajstić information content (AvgIpc) is 2.58. The van der Waals surface area contributed by atoms with Crippen molar-refractivity contribution in [2.24, 2.45) is 0 Å². The number of halogens is 1. The first-order chi connectivity index (χ1) is 12.4. The maximum atomic E-state index is 12.0. The van der Waals surface area contributed by atoms with Crippen molar-refractivity contribution in [3.05, 3.63) is 63.2 Å². The van der Waals surface area contributed by atoms with Gasteiger partial charge in [-0.15, -0.1) is 11.8 Å². The van der Waals surface area contributed by atoms with Crippen LogP contribution >= 0.6 is 23.4 Å². The molecule has 0 radical (unpaired) electrons. The van der Waals surface area contributed by atoms with Gasteiger partial charge in [0.05, 0.1) is 27.7 Å². The van der Waals surface area contributed by atoms with Gasteiger partial charge in [0, 0.05) is 16.8 Å². The molecule has 26 heavy (non-hydrogen) atoms. The maximum Gasteiger partial charge on any atom is 0.274 e. The average molecular weight is 394 g/mol. The normalized spacial score (nSPS) is 10.2. The second-order valence-corrected chi connectivity index (χ2v) is 6.72. The largest absolute Gasteiger partial charge is 0.325 e. The van der Waals surface area contributed by atoms with Crippen LogP contribution in [0, 0.1) is 17.0 Å². The van der Waals surface area contributed by atoms with Gasteiger partial charge in [0.25, 0.3) is 5.69 Å². The molecule has 0 atom stereocenters. The Hall–Kier alpha value is -2.58. The van der Waals surface area contributed by atoms with E-state index in [2.05, 4.69) is 10.6 Å². The van der Waals surface area contributed by atoms with Gasteiger partial charge in [-0.1, -0.05) is 17.7 Å². The predicted octanol–water partition coefficient (Wildman–Crippen LogP) is 3.87. The molecule has 2 N–H and O–H groups in total. The van der Waals surface area contributed by atoms with E-state index in [9.17, 15) is 19.7 Å². The second-order valence-electron chi connectivity index (χ2n) is 5.30. The summed E-state index contributed by atoms with van der Waals surface area (Å²) in [5.41, 5.74) is 1.33. The topological polar surface area (TPSA) is 101 Å². The molecule has 0 saturated carbocycles. The van der Waals surface area contributed by atoms with Crippen molar-refractivity contribution < 1.29 is 14.5 Å². The van der Waals surface area contributed by atoms with Gasteiger partial charge in [-0.2, -0.15) is 0 Å². The van der Waals surface area contributed by atoms with Crippen molar-refractivity contribution in [2.45, 2.75) is 6.92 Å². The Labute approximate surface area is 159 Å². The van der Waals surface area contributed by atoms with Gasteiger partial charge in [0.2, 0.25) is 11.8 Å². The number of nitro benzene ring substituents is 1. The summed E-state index contributed by atoms with van der Waals surface area (Å²) in [6.45, 7) is 1.57. The molecule has 7 nitrogen and oxygen atoms in total. The van der Waals surface area contributed by atoms with Gasteiger partial charge in [-0.25, -0.2) is 0 Å². The molecule has 0 aliphatic heterocycles. The second kappa shape index (κ2) is 9.21. The third kappa shape index (κ3) is 5.75. The van der Waals surface area contributed by atoms with Crippen LogP contribution in [0.25, 0.3) is 0 Å². The Morgan fingerprint density at radius 2 is 1.69 bits per heavy atom. The van der Waals surface area contributed by atoms with Crippen LogP contribution in [0.3, 0.4) is 0 Å². The molecule has 0 fully saturated rings. The maximum absolute atomic E-state index is 12.0. The number of benzene rings is 2. The Bertz CT molecular complexity index is 827. The van der Waals surface area contributed by atoms with Crippen molar-refractivity contribution in [1.29, 1.82) is 0 Å². The quantitative estimate of drug-likeness (QED) is 0.549. The highest BCUT2D eigenvalue weighted by atomic mass is 35.5. The van der Waals surface area contributed by atoms with Crippen LogP contribution in [-0.4, -0.2) is 28.2 Å². The van der Waals surface area contributed by atoms with Crippen molar-refractivity contribution in [2.75, 3.05) is 22.1 Å². The van der Waals surface area contributed by atoms with Gasteiger partial charge >= 0.3 is 0 Å². The molecule has 0 saturated heterocycles. The van der Waals surface area contributed by atoms with E-state index >= 15 is 0 Å². The van der Waals surface area contributed by atoms with E-state index in [0.29, 0.717) is 22.0 Å². The van der Waals surface area contributed by atoms with Crippen LogP contribution in [-0.2, 0) is 9.59 Å². The van der Waals surface area contributed by atoms with E-state index in [1.165, 1.54) is 12.1 Å². The number of amides is 2. The number of hydrogen-bond donors (Lipinski definition) is 2. The van der Waals surface area contributed by atoms with Gasteiger partial charge in [0.1, 0.15) is 0 Å². The van der Waals surface area contributed by atoms with Crippen LogP contribution in [0.15, 0.2) is 42.5 Å². The third-order valence-corrected chi connectivity index (χ3v) is 4.55. The van der Waals surface area contributed by atoms with E-state index in [-0.39, 0.29) is 29.0 Å². The van der Waals surface area contributed by atoms with Gasteiger partial charge < -0.3 is 10.6 Å². The fourth-order valence-corrected chi connectivity index (χ4v) is 2.85. The van der Waals surface area contributed by atoms with Crippen LogP contribution in [0.5, 0.6) is 0 Å². The fourth-order valence-electron chi connectivity index (χ4n) is 2.11. The van der Waals surface area contributed by atoms with Crippen LogP contribution < -0.4 is 10.6 Å². The summed E-state index contributed by atoms with van der Waals surface area (Å²) in [5.74, 6) is -0.422. The summed E-state index contributed by atoms with van der Waals surface area (Å²) >= 11 is 6.92. The van der Waals surface area contributed by atoms with Crippen LogP contribution in [0.2, 0.25) is 5.02 Å². The van der Waals surface area contributed by atoms with E-state index in [1.807, 2.05) is 0 Å². The van der Waals surface area contributed by atoms with E-state index in [0.717, 1.165) is 11.8 Å². The van der Waals surface area contributed by atoms with Gasteiger partial charge in [0.15, 0.2) is 0 Å². The number of nitrogens with one attached hydrogen (secondary N) is 2. The molecule has 0 heterocycles.